The van der Waals surface area contributed by atoms with Crippen LogP contribution < -0.4 is 5.32 Å². The number of benzene rings is 1. The Hall–Kier alpha value is -2.37. The third-order valence-electron chi connectivity index (χ3n) is 6.43. The van der Waals surface area contributed by atoms with Gasteiger partial charge in [-0.2, -0.15) is 0 Å². The minimum atomic E-state index is -0.511. The zero-order valence-corrected chi connectivity index (χ0v) is 18.5. The number of rotatable bonds is 5. The summed E-state index contributed by atoms with van der Waals surface area (Å²) in [5.41, 5.74) is 0.670. The van der Waals surface area contributed by atoms with Gasteiger partial charge in [-0.3, -0.25) is 14.4 Å². The van der Waals surface area contributed by atoms with Gasteiger partial charge in [0, 0.05) is 37.2 Å². The van der Waals surface area contributed by atoms with Gasteiger partial charge in [-0.05, 0) is 37.8 Å². The summed E-state index contributed by atoms with van der Waals surface area (Å²) in [6.45, 7) is 7.40. The molecule has 0 bridgehead atoms. The van der Waals surface area contributed by atoms with E-state index < -0.39 is 6.04 Å². The van der Waals surface area contributed by atoms with Gasteiger partial charge in [0.25, 0.3) is 5.91 Å². The first kappa shape index (κ1) is 22.3. The Kier molecular flexibility index (Phi) is 7.51. The van der Waals surface area contributed by atoms with Crippen molar-refractivity contribution in [2.24, 2.45) is 11.8 Å². The second-order valence-electron chi connectivity index (χ2n) is 9.06. The molecule has 1 N–H and O–H groups in total. The number of nitrogens with zero attached hydrogens (tertiary/aromatic N) is 2. The SMILES string of the molecule is CC(C)C(NC(=O)C1CCCCC1)C(=O)N1CCN(C(=O)c2ccccc2)C(C)C1. The Balaban J connectivity index is 1.61. The average molecular weight is 414 g/mol. The molecule has 1 aromatic carbocycles. The maximum atomic E-state index is 13.3. The molecule has 0 aromatic heterocycles. The normalized spacial score (nSPS) is 21.4. The van der Waals surface area contributed by atoms with E-state index in [4.69, 9.17) is 0 Å². The van der Waals surface area contributed by atoms with Gasteiger partial charge in [0.15, 0.2) is 0 Å². The Bertz CT molecular complexity index is 743. The monoisotopic (exact) mass is 413 g/mol. The van der Waals surface area contributed by atoms with Crippen LogP contribution in [0.15, 0.2) is 30.3 Å². The number of hydrogen-bond acceptors (Lipinski definition) is 3. The third kappa shape index (κ3) is 5.21. The van der Waals surface area contributed by atoms with Gasteiger partial charge < -0.3 is 15.1 Å². The van der Waals surface area contributed by atoms with Gasteiger partial charge in [-0.1, -0.05) is 51.3 Å². The van der Waals surface area contributed by atoms with Crippen molar-refractivity contribution >= 4 is 17.7 Å². The molecule has 1 saturated heterocycles. The lowest BCUT2D eigenvalue weighted by Crippen LogP contribution is -2.60. The highest BCUT2D eigenvalue weighted by atomic mass is 16.2. The molecule has 1 aliphatic heterocycles. The fourth-order valence-electron chi connectivity index (χ4n) is 4.55. The molecule has 6 nitrogen and oxygen atoms in total. The molecule has 1 saturated carbocycles. The highest BCUT2D eigenvalue weighted by Gasteiger charge is 2.35. The molecule has 3 amide bonds. The standard InChI is InChI=1S/C24H35N3O3/c1-17(2)21(25-22(28)19-10-6-4-7-11-19)24(30)26-14-15-27(18(3)16-26)23(29)20-12-8-5-9-13-20/h5,8-9,12-13,17-19,21H,4,6-7,10-11,14-16H2,1-3H3,(H,25,28). The molecule has 2 fully saturated rings. The van der Waals surface area contributed by atoms with Gasteiger partial charge in [0.05, 0.1) is 0 Å². The van der Waals surface area contributed by atoms with Crippen LogP contribution in [0.2, 0.25) is 0 Å². The molecular formula is C24H35N3O3. The van der Waals surface area contributed by atoms with Crippen molar-refractivity contribution in [3.8, 4) is 0 Å². The minimum Gasteiger partial charge on any atom is -0.344 e. The number of piperazine rings is 1. The molecule has 1 aromatic rings. The molecule has 0 spiro atoms. The minimum absolute atomic E-state index is 0.00112. The van der Waals surface area contributed by atoms with Gasteiger partial charge in [0.2, 0.25) is 11.8 Å². The van der Waals surface area contributed by atoms with Gasteiger partial charge in [-0.15, -0.1) is 0 Å². The molecule has 2 atom stereocenters. The third-order valence-corrected chi connectivity index (χ3v) is 6.43. The number of carbonyl (C=O) groups is 3. The number of nitrogens with one attached hydrogen (secondary N) is 1. The summed E-state index contributed by atoms with van der Waals surface area (Å²) in [5.74, 6) is 0.0399. The van der Waals surface area contributed by atoms with Gasteiger partial charge in [0.1, 0.15) is 6.04 Å². The summed E-state index contributed by atoms with van der Waals surface area (Å²) < 4.78 is 0. The van der Waals surface area contributed by atoms with Crippen LogP contribution in [-0.4, -0.2) is 59.2 Å². The lowest BCUT2D eigenvalue weighted by Gasteiger charge is -2.41. The van der Waals surface area contributed by atoms with Crippen molar-refractivity contribution in [2.75, 3.05) is 19.6 Å². The van der Waals surface area contributed by atoms with E-state index in [9.17, 15) is 14.4 Å². The van der Waals surface area contributed by atoms with Crippen LogP contribution in [0.5, 0.6) is 0 Å². The Morgan fingerprint density at radius 3 is 2.27 bits per heavy atom. The van der Waals surface area contributed by atoms with Crippen LogP contribution in [0.4, 0.5) is 0 Å². The summed E-state index contributed by atoms with van der Waals surface area (Å²) in [7, 11) is 0. The molecule has 30 heavy (non-hydrogen) atoms. The summed E-state index contributed by atoms with van der Waals surface area (Å²) in [6, 6.07) is 8.68. The van der Waals surface area contributed by atoms with Crippen molar-refractivity contribution in [3.05, 3.63) is 35.9 Å². The first-order valence-electron chi connectivity index (χ1n) is 11.3. The fourth-order valence-corrected chi connectivity index (χ4v) is 4.55. The molecule has 164 valence electrons. The molecule has 1 aliphatic carbocycles. The van der Waals surface area contributed by atoms with E-state index in [1.54, 1.807) is 0 Å². The number of amides is 3. The second kappa shape index (κ2) is 10.1. The average Bonchev–Trinajstić information content (AvgIpc) is 2.77. The van der Waals surface area contributed by atoms with Crippen LogP contribution >= 0.6 is 0 Å². The van der Waals surface area contributed by atoms with E-state index in [0.29, 0.717) is 25.2 Å². The Morgan fingerprint density at radius 2 is 1.67 bits per heavy atom. The maximum absolute atomic E-state index is 13.3. The van der Waals surface area contributed by atoms with Crippen molar-refractivity contribution in [1.29, 1.82) is 0 Å². The van der Waals surface area contributed by atoms with Crippen LogP contribution in [0, 0.1) is 11.8 Å². The molecule has 6 heteroatoms. The van der Waals surface area contributed by atoms with Crippen LogP contribution in [-0.2, 0) is 9.59 Å². The van der Waals surface area contributed by atoms with Crippen molar-refractivity contribution in [1.82, 2.24) is 15.1 Å². The van der Waals surface area contributed by atoms with E-state index in [1.807, 2.05) is 60.9 Å². The van der Waals surface area contributed by atoms with E-state index in [2.05, 4.69) is 5.32 Å². The quantitative estimate of drug-likeness (QED) is 0.806. The molecule has 2 aliphatic rings. The molecule has 1 heterocycles. The molecule has 2 unspecified atom stereocenters. The topological polar surface area (TPSA) is 69.7 Å². The number of carbonyl (C=O) groups excluding carboxylic acids is 3. The van der Waals surface area contributed by atoms with Crippen molar-refractivity contribution in [3.63, 3.8) is 0 Å². The van der Waals surface area contributed by atoms with Gasteiger partial charge >= 0.3 is 0 Å². The van der Waals surface area contributed by atoms with E-state index in [-0.39, 0.29) is 35.6 Å². The van der Waals surface area contributed by atoms with Gasteiger partial charge in [-0.25, -0.2) is 0 Å². The summed E-state index contributed by atoms with van der Waals surface area (Å²) >= 11 is 0. The highest BCUT2D eigenvalue weighted by molar-refractivity contribution is 5.95. The molecular weight excluding hydrogens is 378 g/mol. The number of hydrogen-bond donors (Lipinski definition) is 1. The summed E-state index contributed by atoms with van der Waals surface area (Å²) in [4.78, 5) is 42.4. The van der Waals surface area contributed by atoms with Crippen molar-refractivity contribution in [2.45, 2.75) is 65.0 Å². The van der Waals surface area contributed by atoms with Crippen LogP contribution in [0.1, 0.15) is 63.2 Å². The summed E-state index contributed by atoms with van der Waals surface area (Å²) in [5, 5.41) is 3.05. The van der Waals surface area contributed by atoms with Crippen molar-refractivity contribution < 1.29 is 14.4 Å². The lowest BCUT2D eigenvalue weighted by molar-refractivity contribution is -0.140. The van der Waals surface area contributed by atoms with E-state index in [1.165, 1.54) is 6.42 Å². The van der Waals surface area contributed by atoms with E-state index >= 15 is 0 Å². The largest absolute Gasteiger partial charge is 0.344 e. The lowest BCUT2D eigenvalue weighted by atomic mass is 9.88. The smallest absolute Gasteiger partial charge is 0.254 e. The Labute approximate surface area is 180 Å². The second-order valence-corrected chi connectivity index (χ2v) is 9.06. The zero-order valence-electron chi connectivity index (χ0n) is 18.5. The first-order valence-corrected chi connectivity index (χ1v) is 11.3. The first-order chi connectivity index (χ1) is 14.4. The Morgan fingerprint density at radius 1 is 1.00 bits per heavy atom. The predicted molar refractivity (Wildman–Crippen MR) is 117 cm³/mol. The molecule has 3 rings (SSSR count). The van der Waals surface area contributed by atoms with Crippen LogP contribution in [0.3, 0.4) is 0 Å². The fraction of sp³-hybridized carbons (Fsp3) is 0.625. The predicted octanol–water partition coefficient (Wildman–Crippen LogP) is 3.08. The zero-order chi connectivity index (χ0) is 21.7. The maximum Gasteiger partial charge on any atom is 0.254 e. The molecule has 0 radical (unpaired) electrons. The van der Waals surface area contributed by atoms with Crippen LogP contribution in [0.25, 0.3) is 0 Å². The highest BCUT2D eigenvalue weighted by Crippen LogP contribution is 2.24. The van der Waals surface area contributed by atoms with E-state index in [0.717, 1.165) is 25.7 Å². The summed E-state index contributed by atoms with van der Waals surface area (Å²) in [6.07, 6.45) is 5.21.